The van der Waals surface area contributed by atoms with Crippen molar-refractivity contribution in [1.82, 2.24) is 5.32 Å². The second-order valence-corrected chi connectivity index (χ2v) is 6.21. The molecule has 1 aliphatic carbocycles. The molecule has 1 aromatic carbocycles. The van der Waals surface area contributed by atoms with Crippen LogP contribution >= 0.6 is 11.3 Å². The zero-order valence-electron chi connectivity index (χ0n) is 11.1. The third-order valence-electron chi connectivity index (χ3n) is 3.86. The van der Waals surface area contributed by atoms with Crippen LogP contribution < -0.4 is 5.32 Å². The summed E-state index contributed by atoms with van der Waals surface area (Å²) in [6.07, 6.45) is 3.44. The first-order chi connectivity index (χ1) is 9.24. The van der Waals surface area contributed by atoms with Crippen molar-refractivity contribution in [2.45, 2.75) is 38.3 Å². The van der Waals surface area contributed by atoms with Gasteiger partial charge in [0.1, 0.15) is 5.75 Å². The Bertz CT molecular complexity index is 550. The van der Waals surface area contributed by atoms with Crippen LogP contribution in [0.2, 0.25) is 0 Å². The molecule has 0 aliphatic heterocycles. The normalized spacial score (nSPS) is 19.9. The van der Waals surface area contributed by atoms with E-state index in [1.807, 2.05) is 6.07 Å². The smallest absolute Gasteiger partial charge is 0.115 e. The van der Waals surface area contributed by atoms with Gasteiger partial charge in [-0.25, -0.2) is 0 Å². The zero-order valence-corrected chi connectivity index (χ0v) is 11.9. The molecule has 0 saturated carbocycles. The van der Waals surface area contributed by atoms with Gasteiger partial charge in [0.05, 0.1) is 0 Å². The summed E-state index contributed by atoms with van der Waals surface area (Å²) in [6.45, 7) is 2.22. The Morgan fingerprint density at radius 2 is 2.26 bits per heavy atom. The van der Waals surface area contributed by atoms with E-state index in [1.54, 1.807) is 17.4 Å². The minimum atomic E-state index is 0.379. The van der Waals surface area contributed by atoms with Crippen LogP contribution in [0.1, 0.15) is 47.9 Å². The molecule has 0 bridgehead atoms. The number of aryl methyl sites for hydroxylation is 1. The van der Waals surface area contributed by atoms with E-state index >= 15 is 0 Å². The number of phenolic OH excluding ortho intramolecular Hbond substituents is 1. The van der Waals surface area contributed by atoms with Gasteiger partial charge in [-0.3, -0.25) is 0 Å². The highest BCUT2D eigenvalue weighted by atomic mass is 32.1. The highest BCUT2D eigenvalue weighted by Gasteiger charge is 2.22. The van der Waals surface area contributed by atoms with E-state index in [-0.39, 0.29) is 0 Å². The molecular formula is C16H19NOS. The Kier molecular flexibility index (Phi) is 3.58. The first-order valence-electron chi connectivity index (χ1n) is 6.85. The van der Waals surface area contributed by atoms with Gasteiger partial charge in [0.25, 0.3) is 0 Å². The van der Waals surface area contributed by atoms with Crippen LogP contribution in [-0.4, -0.2) is 5.11 Å². The molecule has 0 saturated heterocycles. The lowest BCUT2D eigenvalue weighted by molar-refractivity contribution is 0.415. The lowest BCUT2D eigenvalue weighted by Crippen LogP contribution is -2.27. The predicted octanol–water partition coefficient (Wildman–Crippen LogP) is 4.18. The van der Waals surface area contributed by atoms with Gasteiger partial charge in [-0.2, -0.15) is 0 Å². The van der Waals surface area contributed by atoms with E-state index in [0.717, 1.165) is 6.42 Å². The summed E-state index contributed by atoms with van der Waals surface area (Å²) in [4.78, 5) is 1.38. The van der Waals surface area contributed by atoms with Gasteiger partial charge in [-0.15, -0.1) is 11.3 Å². The number of aromatic hydroxyl groups is 1. The Balaban J connectivity index is 1.80. The third kappa shape index (κ3) is 2.67. The van der Waals surface area contributed by atoms with Gasteiger partial charge in [0.15, 0.2) is 0 Å². The van der Waals surface area contributed by atoms with Crippen molar-refractivity contribution in [1.29, 1.82) is 0 Å². The first kappa shape index (κ1) is 12.7. The zero-order chi connectivity index (χ0) is 13.2. The number of rotatable bonds is 3. The fraction of sp³-hybridized carbons (Fsp3) is 0.375. The Morgan fingerprint density at radius 1 is 1.37 bits per heavy atom. The van der Waals surface area contributed by atoms with Gasteiger partial charge < -0.3 is 10.4 Å². The van der Waals surface area contributed by atoms with Crippen LogP contribution in [0, 0.1) is 0 Å². The maximum atomic E-state index is 9.59. The molecule has 1 heterocycles. The second kappa shape index (κ2) is 5.35. The number of benzene rings is 1. The number of thiophene rings is 1. The van der Waals surface area contributed by atoms with Crippen molar-refractivity contribution in [3.8, 4) is 5.75 Å². The van der Waals surface area contributed by atoms with Crippen LogP contribution in [0.25, 0.3) is 0 Å². The number of phenols is 1. The molecule has 0 spiro atoms. The van der Waals surface area contributed by atoms with E-state index in [9.17, 15) is 5.11 Å². The van der Waals surface area contributed by atoms with Crippen molar-refractivity contribution >= 4 is 11.3 Å². The summed E-state index contributed by atoms with van der Waals surface area (Å²) in [5.74, 6) is 0.380. The molecule has 2 aromatic rings. The van der Waals surface area contributed by atoms with E-state index in [1.165, 1.54) is 28.8 Å². The third-order valence-corrected chi connectivity index (χ3v) is 4.92. The molecule has 2 N–H and O–H groups in total. The highest BCUT2D eigenvalue weighted by Crippen LogP contribution is 2.34. The van der Waals surface area contributed by atoms with Gasteiger partial charge in [0.2, 0.25) is 0 Å². The lowest BCUT2D eigenvalue weighted by Gasteiger charge is -2.29. The van der Waals surface area contributed by atoms with Gasteiger partial charge in [-0.1, -0.05) is 12.1 Å². The van der Waals surface area contributed by atoms with Gasteiger partial charge >= 0.3 is 0 Å². The Morgan fingerprint density at radius 3 is 3.05 bits per heavy atom. The Labute approximate surface area is 118 Å². The summed E-state index contributed by atoms with van der Waals surface area (Å²) in [6, 6.07) is 10.9. The molecule has 2 unspecified atom stereocenters. The minimum Gasteiger partial charge on any atom is -0.508 e. The van der Waals surface area contributed by atoms with Crippen LogP contribution in [0.5, 0.6) is 5.75 Å². The first-order valence-corrected chi connectivity index (χ1v) is 7.73. The molecule has 1 aliphatic rings. The summed E-state index contributed by atoms with van der Waals surface area (Å²) in [7, 11) is 0. The van der Waals surface area contributed by atoms with E-state index in [4.69, 9.17) is 0 Å². The van der Waals surface area contributed by atoms with Crippen molar-refractivity contribution in [3.05, 3.63) is 51.7 Å². The van der Waals surface area contributed by atoms with Crippen molar-refractivity contribution in [2.75, 3.05) is 0 Å². The highest BCUT2D eigenvalue weighted by molar-refractivity contribution is 7.10. The summed E-state index contributed by atoms with van der Waals surface area (Å²) in [5.41, 5.74) is 2.65. The van der Waals surface area contributed by atoms with E-state index < -0.39 is 0 Å². The average molecular weight is 273 g/mol. The van der Waals surface area contributed by atoms with E-state index in [0.29, 0.717) is 17.8 Å². The molecule has 19 heavy (non-hydrogen) atoms. The van der Waals surface area contributed by atoms with Gasteiger partial charge in [0, 0.05) is 17.0 Å². The molecule has 3 heteroatoms. The number of nitrogens with one attached hydrogen (secondary N) is 1. The maximum Gasteiger partial charge on any atom is 0.115 e. The largest absolute Gasteiger partial charge is 0.508 e. The molecule has 0 radical (unpaired) electrons. The molecule has 100 valence electrons. The Hall–Kier alpha value is -1.32. The van der Waals surface area contributed by atoms with E-state index in [2.05, 4.69) is 35.8 Å². The topological polar surface area (TPSA) is 32.3 Å². The SMILES string of the molecule is CC(NC1CCCc2cc(O)ccc21)c1cccs1. The number of fused-ring (bicyclic) bond motifs is 1. The molecule has 2 atom stereocenters. The maximum absolute atomic E-state index is 9.59. The summed E-state index contributed by atoms with van der Waals surface area (Å²) >= 11 is 1.80. The standard InChI is InChI=1S/C16H19NOS/c1-11(16-6-3-9-19-16)17-15-5-2-4-12-10-13(18)7-8-14(12)15/h3,6-11,15,17-18H,2,4-5H2,1H3. The number of hydrogen-bond acceptors (Lipinski definition) is 3. The lowest BCUT2D eigenvalue weighted by atomic mass is 9.87. The predicted molar refractivity (Wildman–Crippen MR) is 79.7 cm³/mol. The monoisotopic (exact) mass is 273 g/mol. The van der Waals surface area contributed by atoms with Crippen LogP contribution in [0.3, 0.4) is 0 Å². The molecule has 0 fully saturated rings. The van der Waals surface area contributed by atoms with Crippen LogP contribution in [-0.2, 0) is 6.42 Å². The summed E-state index contributed by atoms with van der Waals surface area (Å²) in [5, 5.41) is 15.4. The molecule has 0 amide bonds. The van der Waals surface area contributed by atoms with Crippen LogP contribution in [0.15, 0.2) is 35.7 Å². The van der Waals surface area contributed by atoms with Crippen molar-refractivity contribution in [3.63, 3.8) is 0 Å². The second-order valence-electron chi connectivity index (χ2n) is 5.23. The fourth-order valence-corrected chi connectivity index (χ4v) is 3.64. The molecule has 3 rings (SSSR count). The fourth-order valence-electron chi connectivity index (χ4n) is 2.90. The average Bonchev–Trinajstić information content (AvgIpc) is 2.92. The van der Waals surface area contributed by atoms with Crippen LogP contribution in [0.4, 0.5) is 0 Å². The van der Waals surface area contributed by atoms with Crippen molar-refractivity contribution in [2.24, 2.45) is 0 Å². The summed E-state index contributed by atoms with van der Waals surface area (Å²) < 4.78 is 0. The minimum absolute atomic E-state index is 0.379. The molecule has 1 aromatic heterocycles. The quantitative estimate of drug-likeness (QED) is 0.879. The van der Waals surface area contributed by atoms with Crippen molar-refractivity contribution < 1.29 is 5.11 Å². The molecule has 2 nitrogen and oxygen atoms in total. The molecular weight excluding hydrogens is 254 g/mol. The number of hydrogen-bond donors (Lipinski definition) is 2. The van der Waals surface area contributed by atoms with Gasteiger partial charge in [-0.05, 0) is 60.9 Å².